The molecule has 3 aromatic rings. The molecule has 3 aromatic carbocycles. The van der Waals surface area contributed by atoms with Gasteiger partial charge in [0.05, 0.1) is 16.7 Å². The molecule has 0 unspecified atom stereocenters. The number of nitriles is 1. The van der Waals surface area contributed by atoms with E-state index in [0.29, 0.717) is 39.2 Å². The van der Waals surface area contributed by atoms with Crippen LogP contribution in [0.5, 0.6) is 11.5 Å². The van der Waals surface area contributed by atoms with Crippen LogP contribution >= 0.6 is 46.4 Å². The highest BCUT2D eigenvalue weighted by Gasteiger charge is 2.14. The zero-order chi connectivity index (χ0) is 24.7. The van der Waals surface area contributed by atoms with E-state index >= 15 is 0 Å². The van der Waals surface area contributed by atoms with E-state index in [1.807, 2.05) is 13.0 Å². The van der Waals surface area contributed by atoms with Crippen molar-refractivity contribution in [3.63, 3.8) is 0 Å². The number of halogens is 4. The number of nitrogens with one attached hydrogen (secondary N) is 1. The standard InChI is InChI=1S/C25H18Cl4N2O3/c1-2-33-20-5-3-4-19(12-20)31-25(32)17(13-30)8-15-9-22(28)24(23(29)10-15)34-14-16-6-7-18(26)11-21(16)27/h3-12H,2,14H2,1H3,(H,31,32)/b17-8-. The van der Waals surface area contributed by atoms with Crippen LogP contribution in [0.3, 0.4) is 0 Å². The lowest BCUT2D eigenvalue weighted by molar-refractivity contribution is -0.112. The first-order valence-corrected chi connectivity index (χ1v) is 11.5. The molecule has 0 aliphatic rings. The first-order chi connectivity index (χ1) is 16.3. The van der Waals surface area contributed by atoms with Crippen molar-refractivity contribution in [2.24, 2.45) is 0 Å². The molecule has 0 atom stereocenters. The molecule has 0 spiro atoms. The SMILES string of the molecule is CCOc1cccc(NC(=O)/C(C#N)=C\c2cc(Cl)c(OCc3ccc(Cl)cc3Cl)c(Cl)c2)c1. The summed E-state index contributed by atoms with van der Waals surface area (Å²) in [5.74, 6) is 0.278. The number of carbonyl (C=O) groups excluding carboxylic acids is 1. The van der Waals surface area contributed by atoms with Crippen molar-refractivity contribution in [2.75, 3.05) is 11.9 Å². The first kappa shape index (κ1) is 25.7. The van der Waals surface area contributed by atoms with Gasteiger partial charge in [0, 0.05) is 27.4 Å². The Morgan fingerprint density at radius 1 is 1.00 bits per heavy atom. The third-order valence-electron chi connectivity index (χ3n) is 4.49. The monoisotopic (exact) mass is 534 g/mol. The molecule has 0 aromatic heterocycles. The molecule has 0 aliphatic carbocycles. The van der Waals surface area contributed by atoms with E-state index < -0.39 is 5.91 Å². The summed E-state index contributed by atoms with van der Waals surface area (Å²) in [5.41, 5.74) is 1.54. The Labute approximate surface area is 217 Å². The summed E-state index contributed by atoms with van der Waals surface area (Å²) in [7, 11) is 0. The van der Waals surface area contributed by atoms with Gasteiger partial charge in [0.2, 0.25) is 0 Å². The lowest BCUT2D eigenvalue weighted by Crippen LogP contribution is -2.13. The summed E-state index contributed by atoms with van der Waals surface area (Å²) in [6, 6.07) is 16.9. The van der Waals surface area contributed by atoms with Crippen LogP contribution in [0.4, 0.5) is 5.69 Å². The highest BCUT2D eigenvalue weighted by atomic mass is 35.5. The average molecular weight is 536 g/mol. The van der Waals surface area contributed by atoms with Gasteiger partial charge in [0.1, 0.15) is 24.0 Å². The van der Waals surface area contributed by atoms with E-state index in [1.165, 1.54) is 6.08 Å². The number of amides is 1. The molecule has 0 bridgehead atoms. The van der Waals surface area contributed by atoms with Gasteiger partial charge in [-0.2, -0.15) is 5.26 Å². The van der Waals surface area contributed by atoms with Gasteiger partial charge in [-0.05, 0) is 55.0 Å². The van der Waals surface area contributed by atoms with Crippen molar-refractivity contribution in [1.82, 2.24) is 0 Å². The maximum absolute atomic E-state index is 12.6. The number of hydrogen-bond acceptors (Lipinski definition) is 4. The van der Waals surface area contributed by atoms with Gasteiger partial charge in [-0.1, -0.05) is 58.5 Å². The second kappa shape index (κ2) is 12.0. The Morgan fingerprint density at radius 3 is 2.38 bits per heavy atom. The van der Waals surface area contributed by atoms with E-state index in [-0.39, 0.29) is 28.0 Å². The van der Waals surface area contributed by atoms with Crippen LogP contribution in [0.25, 0.3) is 6.08 Å². The number of benzene rings is 3. The molecule has 0 saturated carbocycles. The van der Waals surface area contributed by atoms with Crippen LogP contribution in [-0.2, 0) is 11.4 Å². The second-order valence-electron chi connectivity index (χ2n) is 6.92. The highest BCUT2D eigenvalue weighted by Crippen LogP contribution is 2.36. The molecule has 0 aliphatic heterocycles. The lowest BCUT2D eigenvalue weighted by atomic mass is 10.1. The summed E-state index contributed by atoms with van der Waals surface area (Å²) >= 11 is 24.8. The Kier molecular flexibility index (Phi) is 9.09. The van der Waals surface area contributed by atoms with E-state index in [2.05, 4.69) is 5.32 Å². The molecule has 1 amide bonds. The number of ether oxygens (including phenoxy) is 2. The molecular weight excluding hydrogens is 518 g/mol. The summed E-state index contributed by atoms with van der Waals surface area (Å²) < 4.78 is 11.2. The Morgan fingerprint density at radius 2 is 1.74 bits per heavy atom. The molecule has 0 saturated heterocycles. The van der Waals surface area contributed by atoms with Gasteiger partial charge in [0.15, 0.2) is 5.75 Å². The van der Waals surface area contributed by atoms with Gasteiger partial charge >= 0.3 is 0 Å². The van der Waals surface area contributed by atoms with Gasteiger partial charge in [0.25, 0.3) is 5.91 Å². The van der Waals surface area contributed by atoms with Crippen LogP contribution in [0, 0.1) is 11.3 Å². The third-order valence-corrected chi connectivity index (χ3v) is 5.64. The van der Waals surface area contributed by atoms with Gasteiger partial charge in [-0.15, -0.1) is 0 Å². The van der Waals surface area contributed by atoms with Crippen molar-refractivity contribution in [2.45, 2.75) is 13.5 Å². The quantitative estimate of drug-likeness (QED) is 0.235. The fourth-order valence-electron chi connectivity index (χ4n) is 2.93. The topological polar surface area (TPSA) is 71.3 Å². The Hall–Kier alpha value is -2.88. The van der Waals surface area contributed by atoms with Crippen LogP contribution in [0.15, 0.2) is 60.2 Å². The number of rotatable bonds is 8. The minimum Gasteiger partial charge on any atom is -0.494 e. The molecule has 0 radical (unpaired) electrons. The summed E-state index contributed by atoms with van der Waals surface area (Å²) in [5, 5.41) is 13.6. The molecule has 34 heavy (non-hydrogen) atoms. The van der Waals surface area contributed by atoms with Crippen molar-refractivity contribution in [1.29, 1.82) is 5.26 Å². The van der Waals surface area contributed by atoms with Gasteiger partial charge in [-0.3, -0.25) is 4.79 Å². The molecule has 3 rings (SSSR count). The smallest absolute Gasteiger partial charge is 0.266 e. The van der Waals surface area contributed by atoms with Crippen molar-refractivity contribution >= 4 is 64.1 Å². The number of hydrogen-bond donors (Lipinski definition) is 1. The number of nitrogens with zero attached hydrogens (tertiary/aromatic N) is 1. The maximum atomic E-state index is 12.6. The van der Waals surface area contributed by atoms with Crippen molar-refractivity contribution in [3.05, 3.63) is 91.4 Å². The Balaban J connectivity index is 1.76. The molecule has 0 heterocycles. The minimum absolute atomic E-state index is 0.122. The Bertz CT molecular complexity index is 1260. The molecule has 5 nitrogen and oxygen atoms in total. The second-order valence-corrected chi connectivity index (χ2v) is 8.58. The maximum Gasteiger partial charge on any atom is 0.266 e. The van der Waals surface area contributed by atoms with E-state index in [9.17, 15) is 10.1 Å². The first-order valence-electron chi connectivity index (χ1n) is 10.0. The summed E-state index contributed by atoms with van der Waals surface area (Å²) in [6.45, 7) is 2.48. The summed E-state index contributed by atoms with van der Waals surface area (Å²) in [4.78, 5) is 12.6. The normalized spacial score (nSPS) is 11.0. The van der Waals surface area contributed by atoms with Crippen LogP contribution in [0.1, 0.15) is 18.1 Å². The minimum atomic E-state index is -0.582. The molecule has 9 heteroatoms. The zero-order valence-corrected chi connectivity index (χ0v) is 20.9. The van der Waals surface area contributed by atoms with Crippen molar-refractivity contribution < 1.29 is 14.3 Å². The number of carbonyl (C=O) groups is 1. The fourth-order valence-corrected chi connectivity index (χ4v) is 4.01. The predicted molar refractivity (Wildman–Crippen MR) is 137 cm³/mol. The summed E-state index contributed by atoms with van der Waals surface area (Å²) in [6.07, 6.45) is 1.39. The third kappa shape index (κ3) is 6.82. The van der Waals surface area contributed by atoms with Crippen LogP contribution < -0.4 is 14.8 Å². The molecule has 174 valence electrons. The van der Waals surface area contributed by atoms with E-state index in [1.54, 1.807) is 54.6 Å². The predicted octanol–water partition coefficient (Wildman–Crippen LogP) is 7.82. The molecule has 0 fully saturated rings. The molecular formula is C25H18Cl4N2O3. The van der Waals surface area contributed by atoms with Gasteiger partial charge < -0.3 is 14.8 Å². The fraction of sp³-hybridized carbons (Fsp3) is 0.120. The van der Waals surface area contributed by atoms with Gasteiger partial charge in [-0.25, -0.2) is 0 Å². The van der Waals surface area contributed by atoms with Crippen LogP contribution in [0.2, 0.25) is 20.1 Å². The lowest BCUT2D eigenvalue weighted by Gasteiger charge is -2.12. The van der Waals surface area contributed by atoms with Crippen LogP contribution in [-0.4, -0.2) is 12.5 Å². The molecule has 1 N–H and O–H groups in total. The zero-order valence-electron chi connectivity index (χ0n) is 17.9. The van der Waals surface area contributed by atoms with E-state index in [4.69, 9.17) is 55.9 Å². The number of anilines is 1. The highest BCUT2D eigenvalue weighted by molar-refractivity contribution is 6.37. The van der Waals surface area contributed by atoms with Crippen molar-refractivity contribution in [3.8, 4) is 17.6 Å². The van der Waals surface area contributed by atoms with E-state index in [0.717, 1.165) is 0 Å². The largest absolute Gasteiger partial charge is 0.494 e. The average Bonchev–Trinajstić information content (AvgIpc) is 2.78.